The Morgan fingerprint density at radius 3 is 2.61 bits per heavy atom. The summed E-state index contributed by atoms with van der Waals surface area (Å²) < 4.78 is 14.5. The predicted molar refractivity (Wildman–Crippen MR) is 84.0 cm³/mol. The Labute approximate surface area is 132 Å². The standard InChI is InChI=1S/C16H16N2O5/c1-21-11-7-10-5-4-6-17-15(10)12(8-11)18-13(16(20)23-3)9-14(19)22-2/h4-8H,9H2,1-3H3. The molecule has 0 atom stereocenters. The Morgan fingerprint density at radius 1 is 1.17 bits per heavy atom. The second kappa shape index (κ2) is 7.35. The lowest BCUT2D eigenvalue weighted by Gasteiger charge is -2.08. The maximum atomic E-state index is 11.8. The first kappa shape index (κ1) is 16.4. The van der Waals surface area contributed by atoms with Crippen LogP contribution in [0.4, 0.5) is 5.69 Å². The highest BCUT2D eigenvalue weighted by Gasteiger charge is 2.18. The van der Waals surface area contributed by atoms with E-state index in [0.29, 0.717) is 17.0 Å². The van der Waals surface area contributed by atoms with Crippen LogP contribution < -0.4 is 4.74 Å². The maximum Gasteiger partial charge on any atom is 0.353 e. The minimum atomic E-state index is -0.706. The molecule has 0 aliphatic rings. The van der Waals surface area contributed by atoms with Gasteiger partial charge in [0.25, 0.3) is 0 Å². The average Bonchev–Trinajstić information content (AvgIpc) is 2.59. The molecule has 0 unspecified atom stereocenters. The molecule has 0 N–H and O–H groups in total. The van der Waals surface area contributed by atoms with Crippen LogP contribution in [0.15, 0.2) is 35.5 Å². The zero-order valence-corrected chi connectivity index (χ0v) is 13.0. The van der Waals surface area contributed by atoms with Crippen LogP contribution in [-0.4, -0.2) is 44.0 Å². The molecule has 1 heterocycles. The number of benzene rings is 1. The van der Waals surface area contributed by atoms with Crippen LogP contribution in [0, 0.1) is 0 Å². The summed E-state index contributed by atoms with van der Waals surface area (Å²) in [4.78, 5) is 31.8. The third-order valence-corrected chi connectivity index (χ3v) is 3.11. The molecule has 7 heteroatoms. The number of hydrogen-bond acceptors (Lipinski definition) is 7. The van der Waals surface area contributed by atoms with Gasteiger partial charge in [0.1, 0.15) is 11.5 Å². The molecular weight excluding hydrogens is 300 g/mol. The molecule has 7 nitrogen and oxygen atoms in total. The summed E-state index contributed by atoms with van der Waals surface area (Å²) in [5, 5.41) is 0.799. The molecule has 0 amide bonds. The Bertz CT molecular complexity index is 770. The molecule has 1 aromatic carbocycles. The monoisotopic (exact) mass is 316 g/mol. The first-order valence-corrected chi connectivity index (χ1v) is 6.74. The SMILES string of the molecule is COC(=O)CC(=Nc1cc(OC)cc2cccnc12)C(=O)OC. The molecule has 1 aromatic heterocycles. The predicted octanol–water partition coefficient (Wildman–Crippen LogP) is 2.05. The van der Waals surface area contributed by atoms with Gasteiger partial charge < -0.3 is 14.2 Å². The van der Waals surface area contributed by atoms with Gasteiger partial charge in [0.05, 0.1) is 39.0 Å². The Morgan fingerprint density at radius 2 is 1.96 bits per heavy atom. The Balaban J connectivity index is 2.58. The van der Waals surface area contributed by atoms with Crippen molar-refractivity contribution in [2.24, 2.45) is 4.99 Å². The molecule has 2 aromatic rings. The number of pyridine rings is 1. The number of carbonyl (C=O) groups excluding carboxylic acids is 2. The van der Waals surface area contributed by atoms with Crippen molar-refractivity contribution < 1.29 is 23.8 Å². The fourth-order valence-electron chi connectivity index (χ4n) is 1.98. The number of fused-ring (bicyclic) bond motifs is 1. The van der Waals surface area contributed by atoms with E-state index in [1.165, 1.54) is 21.3 Å². The van der Waals surface area contributed by atoms with Gasteiger partial charge in [-0.3, -0.25) is 9.78 Å². The molecule has 23 heavy (non-hydrogen) atoms. The average molecular weight is 316 g/mol. The highest BCUT2D eigenvalue weighted by Crippen LogP contribution is 2.30. The highest BCUT2D eigenvalue weighted by molar-refractivity contribution is 6.40. The van der Waals surface area contributed by atoms with Crippen LogP contribution in [0.1, 0.15) is 6.42 Å². The van der Waals surface area contributed by atoms with E-state index in [0.717, 1.165) is 5.39 Å². The molecule has 0 saturated carbocycles. The van der Waals surface area contributed by atoms with Crippen molar-refractivity contribution in [2.75, 3.05) is 21.3 Å². The van der Waals surface area contributed by atoms with Crippen LogP contribution in [0.5, 0.6) is 5.75 Å². The number of aromatic nitrogens is 1. The lowest BCUT2D eigenvalue weighted by Crippen LogP contribution is -2.20. The fourth-order valence-corrected chi connectivity index (χ4v) is 1.98. The first-order valence-electron chi connectivity index (χ1n) is 6.74. The van der Waals surface area contributed by atoms with Crippen LogP contribution in [0.3, 0.4) is 0 Å². The van der Waals surface area contributed by atoms with E-state index >= 15 is 0 Å². The molecule has 120 valence electrons. The van der Waals surface area contributed by atoms with Crippen molar-refractivity contribution in [2.45, 2.75) is 6.42 Å². The van der Waals surface area contributed by atoms with Crippen LogP contribution in [0.25, 0.3) is 10.9 Å². The quantitative estimate of drug-likeness (QED) is 0.620. The van der Waals surface area contributed by atoms with Gasteiger partial charge in [-0.2, -0.15) is 0 Å². The van der Waals surface area contributed by atoms with E-state index < -0.39 is 11.9 Å². The summed E-state index contributed by atoms with van der Waals surface area (Å²) in [6, 6.07) is 7.07. The van der Waals surface area contributed by atoms with E-state index in [1.807, 2.05) is 6.07 Å². The molecule has 0 aliphatic heterocycles. The molecule has 2 rings (SSSR count). The van der Waals surface area contributed by atoms with Crippen molar-refractivity contribution in [1.29, 1.82) is 0 Å². The number of carbonyl (C=O) groups is 2. The zero-order valence-electron chi connectivity index (χ0n) is 13.0. The van der Waals surface area contributed by atoms with Crippen molar-refractivity contribution >= 4 is 34.2 Å². The van der Waals surface area contributed by atoms with E-state index in [4.69, 9.17) is 4.74 Å². The number of rotatable bonds is 5. The van der Waals surface area contributed by atoms with Gasteiger partial charge in [-0.05, 0) is 12.1 Å². The molecule has 0 bridgehead atoms. The van der Waals surface area contributed by atoms with E-state index in [2.05, 4.69) is 19.5 Å². The minimum absolute atomic E-state index is 0.0699. The van der Waals surface area contributed by atoms with Crippen molar-refractivity contribution in [3.8, 4) is 5.75 Å². The van der Waals surface area contributed by atoms with Crippen molar-refractivity contribution in [3.05, 3.63) is 30.5 Å². The maximum absolute atomic E-state index is 11.8. The van der Waals surface area contributed by atoms with Crippen LogP contribution in [0.2, 0.25) is 0 Å². The normalized spacial score (nSPS) is 11.2. The lowest BCUT2D eigenvalue weighted by atomic mass is 10.1. The Hall–Kier alpha value is -2.96. The third kappa shape index (κ3) is 3.82. The molecule has 0 aliphatic carbocycles. The smallest absolute Gasteiger partial charge is 0.353 e. The summed E-state index contributed by atoms with van der Waals surface area (Å²) in [6.07, 6.45) is 1.32. The van der Waals surface area contributed by atoms with Gasteiger partial charge in [0.15, 0.2) is 0 Å². The summed E-state index contributed by atoms with van der Waals surface area (Å²) in [5.41, 5.74) is 0.920. The topological polar surface area (TPSA) is 87.1 Å². The van der Waals surface area contributed by atoms with Gasteiger partial charge in [0, 0.05) is 17.6 Å². The summed E-state index contributed by atoms with van der Waals surface area (Å²) in [7, 11) is 3.98. The number of esters is 2. The van der Waals surface area contributed by atoms with Gasteiger partial charge in [0.2, 0.25) is 0 Å². The highest BCUT2D eigenvalue weighted by atomic mass is 16.5. The van der Waals surface area contributed by atoms with Crippen molar-refractivity contribution in [3.63, 3.8) is 0 Å². The van der Waals surface area contributed by atoms with Gasteiger partial charge in [-0.25, -0.2) is 9.79 Å². The van der Waals surface area contributed by atoms with E-state index in [-0.39, 0.29) is 12.1 Å². The summed E-state index contributed by atoms with van der Waals surface area (Å²) in [5.74, 6) is -0.733. The first-order chi connectivity index (χ1) is 11.1. The van der Waals surface area contributed by atoms with Gasteiger partial charge >= 0.3 is 11.9 Å². The minimum Gasteiger partial charge on any atom is -0.497 e. The molecule has 0 fully saturated rings. The van der Waals surface area contributed by atoms with Crippen molar-refractivity contribution in [1.82, 2.24) is 4.98 Å². The molecule has 0 spiro atoms. The molecular formula is C16H16N2O5. The number of nitrogens with zero attached hydrogens (tertiary/aromatic N) is 2. The number of methoxy groups -OCH3 is 3. The molecule has 0 radical (unpaired) electrons. The van der Waals surface area contributed by atoms with Gasteiger partial charge in [-0.1, -0.05) is 6.07 Å². The fraction of sp³-hybridized carbons (Fsp3) is 0.250. The number of hydrogen-bond donors (Lipinski definition) is 0. The third-order valence-electron chi connectivity index (χ3n) is 3.11. The second-order valence-corrected chi connectivity index (χ2v) is 4.52. The molecule has 0 saturated heterocycles. The van der Waals surface area contributed by atoms with Crippen LogP contribution >= 0.6 is 0 Å². The largest absolute Gasteiger partial charge is 0.497 e. The Kier molecular flexibility index (Phi) is 5.24. The van der Waals surface area contributed by atoms with Crippen LogP contribution in [-0.2, 0) is 19.1 Å². The lowest BCUT2D eigenvalue weighted by molar-refractivity contribution is -0.140. The van der Waals surface area contributed by atoms with E-state index in [9.17, 15) is 9.59 Å². The zero-order chi connectivity index (χ0) is 16.8. The second-order valence-electron chi connectivity index (χ2n) is 4.52. The number of ether oxygens (including phenoxy) is 3. The summed E-state index contributed by atoms with van der Waals surface area (Å²) in [6.45, 7) is 0. The van der Waals surface area contributed by atoms with Gasteiger partial charge in [-0.15, -0.1) is 0 Å². The number of aliphatic imine (C=N–C) groups is 1. The summed E-state index contributed by atoms with van der Waals surface area (Å²) >= 11 is 0. The van der Waals surface area contributed by atoms with E-state index in [1.54, 1.807) is 24.4 Å².